The van der Waals surface area contributed by atoms with Crippen LogP contribution in [0.1, 0.15) is 39.0 Å². The Bertz CT molecular complexity index is 241. The van der Waals surface area contributed by atoms with Crippen LogP contribution >= 0.6 is 12.2 Å². The minimum Gasteiger partial charge on any atom is -0.375 e. The minimum absolute atomic E-state index is 0.305. The molecule has 0 spiro atoms. The first kappa shape index (κ1) is 12.1. The Labute approximate surface area is 104 Å². The molecule has 1 N–H and O–H groups in total. The molecule has 92 valence electrons. The van der Waals surface area contributed by atoms with E-state index < -0.39 is 0 Å². The van der Waals surface area contributed by atoms with Gasteiger partial charge in [0.25, 0.3) is 0 Å². The summed E-state index contributed by atoms with van der Waals surface area (Å²) in [6.45, 7) is 4.77. The molecule has 1 unspecified atom stereocenters. The largest absolute Gasteiger partial charge is 0.375 e. The zero-order valence-corrected chi connectivity index (χ0v) is 10.9. The molecule has 2 aliphatic rings. The predicted molar refractivity (Wildman–Crippen MR) is 69.6 cm³/mol. The minimum atomic E-state index is 0.305. The maximum absolute atomic E-state index is 5.52. The number of thiocarbonyl (C=S) groups is 1. The summed E-state index contributed by atoms with van der Waals surface area (Å²) in [5.74, 6) is 0. The van der Waals surface area contributed by atoms with Gasteiger partial charge < -0.3 is 15.0 Å². The van der Waals surface area contributed by atoms with Crippen LogP contribution in [0.25, 0.3) is 0 Å². The van der Waals surface area contributed by atoms with E-state index in [9.17, 15) is 0 Å². The first-order valence-electron chi connectivity index (χ1n) is 6.43. The Morgan fingerprint density at radius 3 is 2.75 bits per heavy atom. The number of nitrogens with zero attached hydrogens (tertiary/aromatic N) is 1. The van der Waals surface area contributed by atoms with Gasteiger partial charge in [0.1, 0.15) is 0 Å². The quantitative estimate of drug-likeness (QED) is 0.710. The van der Waals surface area contributed by atoms with Gasteiger partial charge >= 0.3 is 0 Å². The summed E-state index contributed by atoms with van der Waals surface area (Å²) in [6.07, 6.45) is 6.94. The number of nitrogens with one attached hydrogen (secondary N) is 1. The fraction of sp³-hybridized carbons (Fsp3) is 0.917. The van der Waals surface area contributed by atoms with Crippen molar-refractivity contribution in [3.63, 3.8) is 0 Å². The summed E-state index contributed by atoms with van der Waals surface area (Å²) in [4.78, 5) is 2.25. The fourth-order valence-electron chi connectivity index (χ4n) is 2.52. The summed E-state index contributed by atoms with van der Waals surface area (Å²) in [7, 11) is 0. The van der Waals surface area contributed by atoms with Crippen LogP contribution in [0.15, 0.2) is 0 Å². The van der Waals surface area contributed by atoms with Crippen LogP contribution in [0, 0.1) is 0 Å². The second-order valence-corrected chi connectivity index (χ2v) is 5.30. The van der Waals surface area contributed by atoms with Gasteiger partial charge in [-0.1, -0.05) is 19.3 Å². The highest BCUT2D eigenvalue weighted by Gasteiger charge is 2.21. The third kappa shape index (κ3) is 3.32. The van der Waals surface area contributed by atoms with Crippen LogP contribution in [0.4, 0.5) is 0 Å². The lowest BCUT2D eigenvalue weighted by Gasteiger charge is -2.35. The van der Waals surface area contributed by atoms with Gasteiger partial charge in [0.2, 0.25) is 0 Å². The van der Waals surface area contributed by atoms with Crippen molar-refractivity contribution in [2.75, 3.05) is 19.7 Å². The second-order valence-electron chi connectivity index (χ2n) is 4.91. The van der Waals surface area contributed by atoms with Gasteiger partial charge in [0.15, 0.2) is 5.11 Å². The third-order valence-electron chi connectivity index (χ3n) is 3.46. The van der Waals surface area contributed by atoms with E-state index in [1.54, 1.807) is 0 Å². The number of hydrogen-bond acceptors (Lipinski definition) is 2. The Morgan fingerprint density at radius 1 is 1.31 bits per heavy atom. The lowest BCUT2D eigenvalue weighted by Crippen LogP contribution is -2.51. The zero-order chi connectivity index (χ0) is 11.4. The van der Waals surface area contributed by atoms with Crippen molar-refractivity contribution in [3.8, 4) is 0 Å². The molecule has 0 amide bonds. The number of ether oxygens (including phenoxy) is 1. The maximum Gasteiger partial charge on any atom is 0.169 e. The molecule has 0 bridgehead atoms. The van der Waals surface area contributed by atoms with Crippen molar-refractivity contribution in [2.24, 2.45) is 0 Å². The van der Waals surface area contributed by atoms with Crippen LogP contribution < -0.4 is 5.32 Å². The molecule has 1 saturated heterocycles. The van der Waals surface area contributed by atoms with Crippen LogP contribution in [-0.2, 0) is 4.74 Å². The van der Waals surface area contributed by atoms with Crippen LogP contribution in [-0.4, -0.2) is 41.9 Å². The van der Waals surface area contributed by atoms with Crippen LogP contribution in [0.3, 0.4) is 0 Å². The van der Waals surface area contributed by atoms with Gasteiger partial charge in [0, 0.05) is 19.1 Å². The maximum atomic E-state index is 5.52. The van der Waals surface area contributed by atoms with Crippen LogP contribution in [0.2, 0.25) is 0 Å². The van der Waals surface area contributed by atoms with Gasteiger partial charge in [0.05, 0.1) is 12.7 Å². The molecule has 1 aliphatic heterocycles. The molecule has 1 saturated carbocycles. The molecule has 2 rings (SSSR count). The van der Waals surface area contributed by atoms with Crippen molar-refractivity contribution in [1.29, 1.82) is 0 Å². The zero-order valence-electron chi connectivity index (χ0n) is 10.1. The molecule has 0 aromatic heterocycles. The van der Waals surface area contributed by atoms with Gasteiger partial charge in [-0.15, -0.1) is 0 Å². The molecule has 1 atom stereocenters. The Kier molecular flexibility index (Phi) is 4.41. The monoisotopic (exact) mass is 242 g/mol. The van der Waals surface area contributed by atoms with E-state index in [0.717, 1.165) is 24.8 Å². The lowest BCUT2D eigenvalue weighted by molar-refractivity contribution is 0.00527. The third-order valence-corrected chi connectivity index (χ3v) is 3.84. The second kappa shape index (κ2) is 5.82. The van der Waals surface area contributed by atoms with Crippen molar-refractivity contribution >= 4 is 17.3 Å². The molecule has 2 fully saturated rings. The summed E-state index contributed by atoms with van der Waals surface area (Å²) >= 11 is 5.47. The number of rotatable bonds is 1. The molecule has 0 radical (unpaired) electrons. The molecule has 16 heavy (non-hydrogen) atoms. The molecule has 1 heterocycles. The first-order chi connectivity index (χ1) is 7.75. The molecule has 3 nitrogen and oxygen atoms in total. The average molecular weight is 242 g/mol. The molecule has 0 aromatic carbocycles. The Hall–Kier alpha value is -0.350. The molecular weight excluding hydrogens is 220 g/mol. The van der Waals surface area contributed by atoms with Crippen molar-refractivity contribution < 1.29 is 4.74 Å². The van der Waals surface area contributed by atoms with E-state index in [1.165, 1.54) is 32.1 Å². The van der Waals surface area contributed by atoms with Crippen LogP contribution in [0.5, 0.6) is 0 Å². The van der Waals surface area contributed by atoms with Gasteiger partial charge in [-0.25, -0.2) is 0 Å². The van der Waals surface area contributed by atoms with Crippen molar-refractivity contribution in [2.45, 2.75) is 51.2 Å². The molecule has 1 aliphatic carbocycles. The predicted octanol–water partition coefficient (Wildman–Crippen LogP) is 1.91. The normalized spacial score (nSPS) is 27.8. The molecular formula is C12H22N2OS. The standard InChI is InChI=1S/C12H22N2OS/c1-10-9-14(7-8-15-10)12(16)13-11-5-3-2-4-6-11/h10-11H,2-9H2,1H3,(H,13,16). The van der Waals surface area contributed by atoms with E-state index in [4.69, 9.17) is 17.0 Å². The SMILES string of the molecule is CC1CN(C(=S)NC2CCCCC2)CCO1. The average Bonchev–Trinajstić information content (AvgIpc) is 2.30. The summed E-state index contributed by atoms with van der Waals surface area (Å²) < 4.78 is 5.52. The summed E-state index contributed by atoms with van der Waals surface area (Å²) in [5.41, 5.74) is 0. The van der Waals surface area contributed by atoms with Gasteiger partial charge in [-0.2, -0.15) is 0 Å². The highest BCUT2D eigenvalue weighted by Crippen LogP contribution is 2.17. The Morgan fingerprint density at radius 2 is 2.06 bits per heavy atom. The summed E-state index contributed by atoms with van der Waals surface area (Å²) in [6, 6.07) is 0.611. The van der Waals surface area contributed by atoms with E-state index >= 15 is 0 Å². The van der Waals surface area contributed by atoms with E-state index in [-0.39, 0.29) is 0 Å². The highest BCUT2D eigenvalue weighted by molar-refractivity contribution is 7.80. The van der Waals surface area contributed by atoms with E-state index in [2.05, 4.69) is 17.1 Å². The van der Waals surface area contributed by atoms with Gasteiger partial charge in [-0.3, -0.25) is 0 Å². The smallest absolute Gasteiger partial charge is 0.169 e. The van der Waals surface area contributed by atoms with E-state index in [1.807, 2.05) is 0 Å². The van der Waals surface area contributed by atoms with Crippen molar-refractivity contribution in [3.05, 3.63) is 0 Å². The van der Waals surface area contributed by atoms with E-state index in [0.29, 0.717) is 12.1 Å². The number of morpholine rings is 1. The Balaban J connectivity index is 1.77. The summed E-state index contributed by atoms with van der Waals surface area (Å²) in [5, 5.41) is 4.44. The lowest BCUT2D eigenvalue weighted by atomic mass is 9.96. The number of hydrogen-bond donors (Lipinski definition) is 1. The molecule has 4 heteroatoms. The molecule has 0 aromatic rings. The van der Waals surface area contributed by atoms with Crippen molar-refractivity contribution in [1.82, 2.24) is 10.2 Å². The fourth-order valence-corrected chi connectivity index (χ4v) is 2.85. The van der Waals surface area contributed by atoms with Gasteiger partial charge in [-0.05, 0) is 32.0 Å². The first-order valence-corrected chi connectivity index (χ1v) is 6.83. The topological polar surface area (TPSA) is 24.5 Å². The highest BCUT2D eigenvalue weighted by atomic mass is 32.1.